The Hall–Kier alpha value is -5.08. The Morgan fingerprint density at radius 2 is 0.907 bits per heavy atom. The molecule has 4 amide bonds. The highest BCUT2D eigenvalue weighted by Crippen LogP contribution is 2.48. The highest BCUT2D eigenvalue weighted by Gasteiger charge is 2.52. The van der Waals surface area contributed by atoms with Crippen LogP contribution in [0.2, 0.25) is 0 Å². The van der Waals surface area contributed by atoms with Gasteiger partial charge in [-0.3, -0.25) is 28.3 Å². The van der Waals surface area contributed by atoms with Crippen molar-refractivity contribution in [2.75, 3.05) is 0 Å². The summed E-state index contributed by atoms with van der Waals surface area (Å²) in [4.78, 5) is 57.1. The molecule has 2 heterocycles. The molecular formula is C32H20N2O16S4. The van der Waals surface area contributed by atoms with Crippen molar-refractivity contribution in [1.29, 1.82) is 0 Å². The van der Waals surface area contributed by atoms with Gasteiger partial charge in [-0.1, -0.05) is 70.7 Å². The fraction of sp³-hybridized carbons (Fsp3) is 0. The van der Waals surface area contributed by atoms with Crippen molar-refractivity contribution in [3.8, 4) is 0 Å². The Balaban J connectivity index is 1.59. The smallest absolute Gasteiger partial charge is 0.282 e. The largest absolute Gasteiger partial charge is 0.294 e. The predicted molar refractivity (Wildman–Crippen MR) is 183 cm³/mol. The van der Waals surface area contributed by atoms with Gasteiger partial charge in [-0.2, -0.15) is 16.8 Å². The first-order chi connectivity index (χ1) is 25.6. The molecule has 18 nitrogen and oxygen atoms in total. The number of rotatable bonds is 12. The number of fused-ring (bicyclic) bond motifs is 1. The molecule has 6 rings (SSSR count). The number of carbonyl (C=O) groups is 4. The number of hydrogen-bond donors (Lipinski definition) is 4. The van der Waals surface area contributed by atoms with Gasteiger partial charge in [0.2, 0.25) is 0 Å². The molecule has 0 aromatic heterocycles. The van der Waals surface area contributed by atoms with Gasteiger partial charge in [-0.25, -0.2) is 20.3 Å². The first kappa shape index (κ1) is 38.6. The van der Waals surface area contributed by atoms with Crippen molar-refractivity contribution in [2.45, 2.75) is 19.6 Å². The molecule has 0 saturated carbocycles. The minimum absolute atomic E-state index is 0.116. The van der Waals surface area contributed by atoms with Crippen LogP contribution in [0.4, 0.5) is 0 Å². The van der Waals surface area contributed by atoms with Crippen LogP contribution in [0.25, 0.3) is 11.4 Å². The molecule has 2 aliphatic heterocycles. The molecule has 0 aliphatic carbocycles. The van der Waals surface area contributed by atoms with Crippen LogP contribution in [-0.2, 0) is 48.6 Å². The van der Waals surface area contributed by atoms with Gasteiger partial charge >= 0.3 is 0 Å². The van der Waals surface area contributed by atoms with Gasteiger partial charge in [0.15, 0.2) is 0 Å². The number of nitrogens with zero attached hydrogens (tertiary/aromatic N) is 2. The van der Waals surface area contributed by atoms with Gasteiger partial charge < -0.3 is 0 Å². The Kier molecular flexibility index (Phi) is 11.0. The van der Waals surface area contributed by atoms with E-state index in [0.29, 0.717) is 9.80 Å². The van der Waals surface area contributed by atoms with Crippen LogP contribution in [0.5, 0.6) is 0 Å². The minimum atomic E-state index is -4.97. The molecule has 2 aliphatic rings. The van der Waals surface area contributed by atoms with Crippen LogP contribution in [-0.4, -0.2) is 69.9 Å². The summed E-state index contributed by atoms with van der Waals surface area (Å²) >= 11 is 0.483. The third-order valence-corrected chi connectivity index (χ3v) is 10.5. The zero-order chi connectivity index (χ0) is 38.9. The normalized spacial score (nSPS) is 14.7. The number of amides is 4. The van der Waals surface area contributed by atoms with Gasteiger partial charge in [0, 0.05) is 20.9 Å². The van der Waals surface area contributed by atoms with Gasteiger partial charge in [0.25, 0.3) is 43.9 Å². The average Bonchev–Trinajstić information content (AvgIpc) is 3.62. The van der Waals surface area contributed by atoms with Crippen molar-refractivity contribution in [1.82, 2.24) is 9.80 Å². The average molecular weight is 817 g/mol. The fourth-order valence-electron chi connectivity index (χ4n) is 5.58. The van der Waals surface area contributed by atoms with Crippen molar-refractivity contribution >= 4 is 79.3 Å². The molecule has 278 valence electrons. The lowest BCUT2D eigenvalue weighted by atomic mass is 10.0. The molecule has 0 atom stereocenters. The lowest BCUT2D eigenvalue weighted by Gasteiger charge is -2.24. The second-order valence-corrected chi connectivity index (χ2v) is 15.3. The standard InChI is InChI=1S/C32H20N2O16S4/c35-29(19-11-21(51-49-47-39)15-23(13-19)53(41,42)43)33-27(17-7-3-1-4-8-17)25-26(32(33)38)28(18-9-5-2-6-10-18)34(31(25)37)30(36)20-12-22(52-50-48-40)16-24(14-20)54(44,45)46/h1-16,39-40H,(H,41,42,43)(H,44,45,46). The number of hydrogen-bond acceptors (Lipinski definition) is 16. The zero-order valence-electron chi connectivity index (χ0n) is 26.5. The highest BCUT2D eigenvalue weighted by molar-refractivity contribution is 7.94. The molecule has 0 fully saturated rings. The summed E-state index contributed by atoms with van der Waals surface area (Å²) in [5.74, 6) is -4.68. The summed E-state index contributed by atoms with van der Waals surface area (Å²) < 4.78 is 76.8. The SMILES string of the molecule is O=C1C2=C(c3ccccc3)N(C(=O)c3cc(SOOO)cc(S(=O)(=O)O)c3)C(=O)C2=C(c2ccccc2)N1C(=O)c1cc(SOOO)cc(S(=O)(=O)O)c1. The van der Waals surface area contributed by atoms with Crippen molar-refractivity contribution in [3.63, 3.8) is 0 Å². The van der Waals surface area contributed by atoms with Gasteiger partial charge in [0.05, 0.1) is 56.4 Å². The van der Waals surface area contributed by atoms with Crippen LogP contribution >= 0.6 is 24.1 Å². The van der Waals surface area contributed by atoms with E-state index in [-0.39, 0.29) is 56.4 Å². The second kappa shape index (κ2) is 15.3. The Morgan fingerprint density at radius 3 is 1.22 bits per heavy atom. The molecule has 4 aromatic carbocycles. The Labute approximate surface area is 312 Å². The van der Waals surface area contributed by atoms with E-state index in [4.69, 9.17) is 10.5 Å². The van der Waals surface area contributed by atoms with E-state index < -0.39 is 75.9 Å². The Morgan fingerprint density at radius 1 is 0.556 bits per heavy atom. The topological polar surface area (TPSA) is 261 Å². The molecule has 4 aromatic rings. The number of benzene rings is 4. The molecule has 4 N–H and O–H groups in total. The molecule has 0 unspecified atom stereocenters. The minimum Gasteiger partial charge on any atom is -0.282 e. The fourth-order valence-corrected chi connectivity index (χ4v) is 7.75. The van der Waals surface area contributed by atoms with Crippen LogP contribution in [0, 0.1) is 0 Å². The van der Waals surface area contributed by atoms with Crippen LogP contribution < -0.4 is 0 Å². The molecule has 54 heavy (non-hydrogen) atoms. The van der Waals surface area contributed by atoms with E-state index in [0.717, 1.165) is 36.4 Å². The van der Waals surface area contributed by atoms with Crippen molar-refractivity contribution in [2.24, 2.45) is 0 Å². The summed E-state index contributed by atoms with van der Waals surface area (Å²) in [5.41, 5.74) is -2.34. The summed E-state index contributed by atoms with van der Waals surface area (Å²) in [7, 11) is -9.94. The molecule has 0 spiro atoms. The van der Waals surface area contributed by atoms with E-state index >= 15 is 0 Å². The highest BCUT2D eigenvalue weighted by atomic mass is 32.2. The van der Waals surface area contributed by atoms with Gasteiger partial charge in [-0.05, 0) is 47.5 Å². The summed E-state index contributed by atoms with van der Waals surface area (Å²) in [5, 5.41) is 24.3. The van der Waals surface area contributed by atoms with Crippen LogP contribution in [0.1, 0.15) is 31.8 Å². The maximum atomic E-state index is 14.6. The third-order valence-electron chi connectivity index (χ3n) is 7.68. The lowest BCUT2D eigenvalue weighted by molar-refractivity contribution is -0.432. The first-order valence-corrected chi connectivity index (χ1v) is 18.9. The molecule has 0 bridgehead atoms. The molecule has 0 radical (unpaired) electrons. The zero-order valence-corrected chi connectivity index (χ0v) is 29.7. The van der Waals surface area contributed by atoms with Gasteiger partial charge in [-0.15, -0.1) is 8.67 Å². The van der Waals surface area contributed by atoms with E-state index in [2.05, 4.69) is 18.7 Å². The van der Waals surface area contributed by atoms with Crippen molar-refractivity contribution < 1.29 is 74.4 Å². The summed E-state index contributed by atoms with van der Waals surface area (Å²) in [6, 6.07) is 20.4. The van der Waals surface area contributed by atoms with E-state index in [1.165, 1.54) is 48.5 Å². The van der Waals surface area contributed by atoms with Crippen LogP contribution in [0.15, 0.2) is 128 Å². The van der Waals surface area contributed by atoms with E-state index in [9.17, 15) is 45.1 Å². The monoisotopic (exact) mass is 816 g/mol. The number of imide groups is 2. The summed E-state index contributed by atoms with van der Waals surface area (Å²) in [6.45, 7) is 0. The van der Waals surface area contributed by atoms with Crippen molar-refractivity contribution in [3.05, 3.63) is 130 Å². The second-order valence-electron chi connectivity index (χ2n) is 10.9. The Bertz CT molecular complexity index is 2330. The van der Waals surface area contributed by atoms with E-state index in [1.54, 1.807) is 12.1 Å². The summed E-state index contributed by atoms with van der Waals surface area (Å²) in [6.07, 6.45) is 0. The maximum Gasteiger partial charge on any atom is 0.294 e. The lowest BCUT2D eigenvalue weighted by Crippen LogP contribution is -2.36. The van der Waals surface area contributed by atoms with Gasteiger partial charge in [0.1, 0.15) is 0 Å². The predicted octanol–water partition coefficient (Wildman–Crippen LogP) is 4.52. The molecule has 0 saturated heterocycles. The molecular weight excluding hydrogens is 797 g/mol. The number of carbonyl (C=O) groups excluding carboxylic acids is 4. The maximum absolute atomic E-state index is 14.6. The van der Waals surface area contributed by atoms with E-state index in [1.807, 2.05) is 0 Å². The molecule has 22 heteroatoms. The third kappa shape index (κ3) is 7.49. The first-order valence-electron chi connectivity index (χ1n) is 14.6. The quantitative estimate of drug-likeness (QED) is 0.0503. The van der Waals surface area contributed by atoms with Crippen LogP contribution in [0.3, 0.4) is 0 Å².